The smallest absolute Gasteiger partial charge is 0.0844 e. The summed E-state index contributed by atoms with van der Waals surface area (Å²) in [5, 5.41) is 0. The Kier molecular flexibility index (Phi) is 2.13. The maximum atomic E-state index is 5.89. The molecular formula is C11H12O. The average Bonchev–Trinajstić information content (AvgIpc) is 2.88. The maximum absolute atomic E-state index is 5.89. The van der Waals surface area contributed by atoms with Crippen LogP contribution in [-0.2, 0) is 11.2 Å². The van der Waals surface area contributed by atoms with Crippen molar-refractivity contribution in [1.29, 1.82) is 0 Å². The molecule has 1 heterocycles. The van der Waals surface area contributed by atoms with Crippen LogP contribution in [0.3, 0.4) is 0 Å². The summed E-state index contributed by atoms with van der Waals surface area (Å²) >= 11 is 0. The van der Waals surface area contributed by atoms with E-state index in [1.807, 2.05) is 18.2 Å². The predicted octanol–water partition coefficient (Wildman–Crippen LogP) is 1.96. The molecule has 1 fully saturated rings. The Morgan fingerprint density at radius 1 is 1.42 bits per heavy atom. The number of hydrogen-bond acceptors (Lipinski definition) is 1. The van der Waals surface area contributed by atoms with Gasteiger partial charge in [-0.05, 0) is 24.8 Å². The molecule has 0 N–H and O–H groups in total. The third-order valence-electron chi connectivity index (χ3n) is 2.15. The summed E-state index contributed by atoms with van der Waals surface area (Å²) in [5.41, 5.74) is 1.29. The monoisotopic (exact) mass is 160 g/mol. The van der Waals surface area contributed by atoms with Gasteiger partial charge in [0.15, 0.2) is 0 Å². The summed E-state index contributed by atoms with van der Waals surface area (Å²) in [7, 11) is 0. The molecule has 1 aliphatic heterocycles. The van der Waals surface area contributed by atoms with Crippen molar-refractivity contribution in [2.75, 3.05) is 6.61 Å². The van der Waals surface area contributed by atoms with Crippen molar-refractivity contribution in [3.05, 3.63) is 42.8 Å². The summed E-state index contributed by atoms with van der Waals surface area (Å²) in [6.07, 6.45) is 1.23. The molecule has 0 aromatic heterocycles. The van der Waals surface area contributed by atoms with Crippen LogP contribution in [0.1, 0.15) is 5.56 Å². The van der Waals surface area contributed by atoms with E-state index in [0.29, 0.717) is 6.10 Å². The van der Waals surface area contributed by atoms with E-state index in [4.69, 9.17) is 11.7 Å². The topological polar surface area (TPSA) is 12.5 Å². The van der Waals surface area contributed by atoms with Crippen molar-refractivity contribution in [2.45, 2.75) is 12.5 Å². The molecule has 0 aliphatic carbocycles. The second kappa shape index (κ2) is 3.28. The Morgan fingerprint density at radius 3 is 2.67 bits per heavy atom. The molecule has 2 radical (unpaired) electrons. The van der Waals surface area contributed by atoms with Crippen LogP contribution in [0.4, 0.5) is 0 Å². The van der Waals surface area contributed by atoms with Crippen LogP contribution in [0, 0.1) is 12.8 Å². The van der Waals surface area contributed by atoms with Gasteiger partial charge in [-0.15, -0.1) is 0 Å². The van der Waals surface area contributed by atoms with Crippen LogP contribution in [0.25, 0.3) is 0 Å². The van der Waals surface area contributed by atoms with Gasteiger partial charge in [-0.25, -0.2) is 0 Å². The molecule has 1 saturated heterocycles. The van der Waals surface area contributed by atoms with E-state index in [-0.39, 0.29) is 5.92 Å². The molecule has 1 aromatic carbocycles. The molecule has 62 valence electrons. The predicted molar refractivity (Wildman–Crippen MR) is 47.7 cm³/mol. The second-order valence-corrected chi connectivity index (χ2v) is 3.23. The van der Waals surface area contributed by atoms with Gasteiger partial charge in [0, 0.05) is 0 Å². The van der Waals surface area contributed by atoms with Crippen molar-refractivity contribution in [3.63, 3.8) is 0 Å². The number of hydrogen-bond donors (Lipinski definition) is 0. The van der Waals surface area contributed by atoms with E-state index in [0.717, 1.165) is 13.0 Å². The van der Waals surface area contributed by atoms with Crippen LogP contribution >= 0.6 is 0 Å². The summed E-state index contributed by atoms with van der Waals surface area (Å²) < 4.78 is 5.12. The molecule has 1 heteroatoms. The standard InChI is InChI=1S/C11H12O/c1-9(11-8-12-11)7-10-5-3-2-4-6-10/h1-6,9,11H,7-8H2/t9?,11-/m0/s1. The molecule has 1 aromatic rings. The van der Waals surface area contributed by atoms with Gasteiger partial charge in [-0.3, -0.25) is 0 Å². The lowest BCUT2D eigenvalue weighted by Gasteiger charge is -2.06. The Balaban J connectivity index is 1.94. The zero-order chi connectivity index (χ0) is 8.39. The first-order valence-electron chi connectivity index (χ1n) is 4.27. The molecule has 0 bridgehead atoms. The first-order chi connectivity index (χ1) is 5.86. The fraction of sp³-hybridized carbons (Fsp3) is 0.364. The second-order valence-electron chi connectivity index (χ2n) is 3.23. The van der Waals surface area contributed by atoms with E-state index < -0.39 is 0 Å². The summed E-state index contributed by atoms with van der Waals surface area (Å²) in [4.78, 5) is 0. The highest BCUT2D eigenvalue weighted by Gasteiger charge is 2.29. The summed E-state index contributed by atoms with van der Waals surface area (Å²) in [6, 6.07) is 10.3. The van der Waals surface area contributed by atoms with Crippen LogP contribution in [0.5, 0.6) is 0 Å². The summed E-state index contributed by atoms with van der Waals surface area (Å²) in [5.74, 6) is 0.174. The molecule has 0 saturated carbocycles. The third-order valence-corrected chi connectivity index (χ3v) is 2.15. The Labute approximate surface area is 73.4 Å². The van der Waals surface area contributed by atoms with Gasteiger partial charge in [0.05, 0.1) is 12.7 Å². The maximum Gasteiger partial charge on any atom is 0.0844 e. The quantitative estimate of drug-likeness (QED) is 0.616. The van der Waals surface area contributed by atoms with Crippen LogP contribution in [-0.4, -0.2) is 12.7 Å². The van der Waals surface area contributed by atoms with E-state index in [2.05, 4.69) is 12.1 Å². The zero-order valence-corrected chi connectivity index (χ0v) is 6.94. The van der Waals surface area contributed by atoms with Crippen LogP contribution in [0.15, 0.2) is 30.3 Å². The van der Waals surface area contributed by atoms with Gasteiger partial charge in [0.1, 0.15) is 0 Å². The SMILES string of the molecule is [CH]C(Cc1ccccc1)[C@@H]1CO1. The number of ether oxygens (including phenoxy) is 1. The van der Waals surface area contributed by atoms with Crippen molar-refractivity contribution in [2.24, 2.45) is 5.92 Å². The van der Waals surface area contributed by atoms with Gasteiger partial charge in [0.25, 0.3) is 0 Å². The van der Waals surface area contributed by atoms with Crippen molar-refractivity contribution < 1.29 is 4.74 Å². The molecular weight excluding hydrogens is 148 g/mol. The van der Waals surface area contributed by atoms with Crippen molar-refractivity contribution >= 4 is 0 Å². The molecule has 2 atom stereocenters. The molecule has 1 aliphatic rings. The lowest BCUT2D eigenvalue weighted by molar-refractivity contribution is 0.358. The van der Waals surface area contributed by atoms with Crippen molar-refractivity contribution in [1.82, 2.24) is 0 Å². The van der Waals surface area contributed by atoms with Gasteiger partial charge < -0.3 is 4.74 Å². The number of rotatable bonds is 3. The molecule has 1 unspecified atom stereocenters. The minimum atomic E-state index is 0.174. The van der Waals surface area contributed by atoms with Gasteiger partial charge in [-0.1, -0.05) is 30.3 Å². The van der Waals surface area contributed by atoms with Crippen LogP contribution < -0.4 is 0 Å². The lowest BCUT2D eigenvalue weighted by Crippen LogP contribution is -2.06. The number of epoxide rings is 1. The van der Waals surface area contributed by atoms with Gasteiger partial charge in [-0.2, -0.15) is 0 Å². The lowest BCUT2D eigenvalue weighted by atomic mass is 9.99. The zero-order valence-electron chi connectivity index (χ0n) is 6.94. The third kappa shape index (κ3) is 1.86. The highest BCUT2D eigenvalue weighted by molar-refractivity contribution is 5.16. The van der Waals surface area contributed by atoms with E-state index in [1.165, 1.54) is 5.56 Å². The van der Waals surface area contributed by atoms with Crippen molar-refractivity contribution in [3.8, 4) is 0 Å². The van der Waals surface area contributed by atoms with Gasteiger partial charge in [0.2, 0.25) is 0 Å². The fourth-order valence-electron chi connectivity index (χ4n) is 1.32. The number of benzene rings is 1. The first-order valence-corrected chi connectivity index (χ1v) is 4.27. The van der Waals surface area contributed by atoms with E-state index >= 15 is 0 Å². The molecule has 0 spiro atoms. The Hall–Kier alpha value is -0.820. The average molecular weight is 160 g/mol. The fourth-order valence-corrected chi connectivity index (χ4v) is 1.32. The van der Waals surface area contributed by atoms with Gasteiger partial charge >= 0.3 is 0 Å². The van der Waals surface area contributed by atoms with E-state index in [1.54, 1.807) is 0 Å². The highest BCUT2D eigenvalue weighted by Crippen LogP contribution is 2.22. The van der Waals surface area contributed by atoms with Crippen LogP contribution in [0.2, 0.25) is 0 Å². The summed E-state index contributed by atoms with van der Waals surface area (Å²) in [6.45, 7) is 6.73. The first kappa shape index (κ1) is 7.81. The minimum Gasteiger partial charge on any atom is -0.373 e. The normalized spacial score (nSPS) is 23.6. The highest BCUT2D eigenvalue weighted by atomic mass is 16.6. The molecule has 0 amide bonds. The molecule has 1 nitrogen and oxygen atoms in total. The Morgan fingerprint density at radius 2 is 2.08 bits per heavy atom. The largest absolute Gasteiger partial charge is 0.373 e. The molecule has 2 rings (SSSR count). The van der Waals surface area contributed by atoms with E-state index in [9.17, 15) is 0 Å². The minimum absolute atomic E-state index is 0.174. The Bertz CT molecular complexity index is 238. The molecule has 12 heavy (non-hydrogen) atoms.